The highest BCUT2D eigenvalue weighted by Gasteiger charge is 2.16. The molecule has 0 radical (unpaired) electrons. The fourth-order valence-electron chi connectivity index (χ4n) is 2.48. The number of aromatic nitrogens is 1. The van der Waals surface area contributed by atoms with E-state index in [9.17, 15) is 0 Å². The highest BCUT2D eigenvalue weighted by Crippen LogP contribution is 2.31. The zero-order valence-electron chi connectivity index (χ0n) is 8.96. The van der Waals surface area contributed by atoms with Gasteiger partial charge in [0.05, 0.1) is 0 Å². The minimum Gasteiger partial charge on any atom is -0.358 e. The van der Waals surface area contributed by atoms with Crippen molar-refractivity contribution in [3.05, 3.63) is 47.7 Å². The first-order chi connectivity index (χ1) is 7.36. The summed E-state index contributed by atoms with van der Waals surface area (Å²) in [5.74, 6) is 0.617. The van der Waals surface area contributed by atoms with Crippen molar-refractivity contribution in [1.82, 2.24) is 4.98 Å². The number of aromatic amines is 1. The minimum atomic E-state index is 0.617. The monoisotopic (exact) mass is 197 g/mol. The molecule has 1 heteroatoms. The number of hydrogen-bond donors (Lipinski definition) is 1. The Morgan fingerprint density at radius 3 is 3.00 bits per heavy atom. The highest BCUT2D eigenvalue weighted by molar-refractivity contribution is 5.85. The summed E-state index contributed by atoms with van der Waals surface area (Å²) in [5.41, 5.74) is 4.21. The Bertz CT molecular complexity index is 519. The maximum absolute atomic E-state index is 3.57. The molecule has 1 aliphatic carbocycles. The summed E-state index contributed by atoms with van der Waals surface area (Å²) in [6.07, 6.45) is 6.82. The first kappa shape index (κ1) is 8.78. The Labute approximate surface area is 89.8 Å². The van der Waals surface area contributed by atoms with E-state index in [0.29, 0.717) is 5.92 Å². The molecule has 0 saturated heterocycles. The predicted octanol–water partition coefficient (Wildman–Crippen LogP) is 3.77. The maximum atomic E-state index is 3.57. The molecule has 2 aromatic rings. The van der Waals surface area contributed by atoms with E-state index in [4.69, 9.17) is 0 Å². The predicted molar refractivity (Wildman–Crippen MR) is 64.2 cm³/mol. The highest BCUT2D eigenvalue weighted by atomic mass is 14.7. The van der Waals surface area contributed by atoms with Crippen molar-refractivity contribution in [3.8, 4) is 0 Å². The van der Waals surface area contributed by atoms with Crippen LogP contribution in [0.4, 0.5) is 0 Å². The van der Waals surface area contributed by atoms with Gasteiger partial charge in [0.25, 0.3) is 0 Å². The number of benzene rings is 1. The van der Waals surface area contributed by atoms with Gasteiger partial charge in [-0.3, -0.25) is 0 Å². The molecule has 0 aliphatic heterocycles. The van der Waals surface area contributed by atoms with Crippen molar-refractivity contribution < 1.29 is 0 Å². The second-order valence-corrected chi connectivity index (χ2v) is 4.38. The number of hydrogen-bond acceptors (Lipinski definition) is 0. The van der Waals surface area contributed by atoms with E-state index in [0.717, 1.165) is 12.8 Å². The van der Waals surface area contributed by atoms with Crippen LogP contribution >= 0.6 is 0 Å². The average Bonchev–Trinajstić information content (AvgIpc) is 2.54. The third-order valence-electron chi connectivity index (χ3n) is 3.32. The van der Waals surface area contributed by atoms with Crippen LogP contribution in [0.3, 0.4) is 0 Å². The fraction of sp³-hybridized carbons (Fsp3) is 0.286. The molecule has 3 rings (SSSR count). The molecule has 1 nitrogen and oxygen atoms in total. The standard InChI is InChI=1S/C14H15N/c1-10-6-2-3-8-12-11-7-4-5-9-13(11)15-14(10)12/h2-5,7,9-10,15H,6,8H2,1H3. The summed E-state index contributed by atoms with van der Waals surface area (Å²) in [6, 6.07) is 8.60. The molecule has 1 aromatic heterocycles. The van der Waals surface area contributed by atoms with Crippen LogP contribution in [-0.2, 0) is 6.42 Å². The van der Waals surface area contributed by atoms with E-state index >= 15 is 0 Å². The Hall–Kier alpha value is -1.50. The second-order valence-electron chi connectivity index (χ2n) is 4.38. The van der Waals surface area contributed by atoms with Gasteiger partial charge in [0.15, 0.2) is 0 Å². The van der Waals surface area contributed by atoms with Crippen LogP contribution in [0.5, 0.6) is 0 Å². The van der Waals surface area contributed by atoms with Crippen LogP contribution in [-0.4, -0.2) is 4.98 Å². The molecule has 1 aliphatic rings. The molecular formula is C14H15N. The Kier molecular flexibility index (Phi) is 1.91. The molecule has 0 saturated carbocycles. The Morgan fingerprint density at radius 2 is 2.07 bits per heavy atom. The lowest BCUT2D eigenvalue weighted by molar-refractivity contribution is 0.758. The van der Waals surface area contributed by atoms with Crippen LogP contribution in [0.2, 0.25) is 0 Å². The molecule has 1 N–H and O–H groups in total. The van der Waals surface area contributed by atoms with E-state index in [1.165, 1.54) is 22.2 Å². The molecule has 0 spiro atoms. The lowest BCUT2D eigenvalue weighted by atomic mass is 10.0. The lowest BCUT2D eigenvalue weighted by Gasteiger charge is -2.06. The third kappa shape index (κ3) is 1.30. The summed E-state index contributed by atoms with van der Waals surface area (Å²) >= 11 is 0. The normalized spacial score (nSPS) is 20.2. The van der Waals surface area contributed by atoms with Gasteiger partial charge in [-0.05, 0) is 30.4 Å². The summed E-state index contributed by atoms with van der Waals surface area (Å²) < 4.78 is 0. The second kappa shape index (κ2) is 3.27. The lowest BCUT2D eigenvalue weighted by Crippen LogP contribution is -1.93. The Balaban J connectivity index is 2.30. The van der Waals surface area contributed by atoms with Gasteiger partial charge < -0.3 is 4.98 Å². The minimum absolute atomic E-state index is 0.617. The number of allylic oxidation sites excluding steroid dienone is 2. The summed E-state index contributed by atoms with van der Waals surface area (Å²) in [5, 5.41) is 1.39. The van der Waals surface area contributed by atoms with Crippen LogP contribution in [0.25, 0.3) is 10.9 Å². The van der Waals surface area contributed by atoms with Crippen LogP contribution in [0, 0.1) is 0 Å². The Morgan fingerprint density at radius 1 is 1.20 bits per heavy atom. The van der Waals surface area contributed by atoms with Gasteiger partial charge >= 0.3 is 0 Å². The SMILES string of the molecule is CC1CC=CCc2c1[nH]c1ccccc21. The number of rotatable bonds is 0. The molecule has 0 bridgehead atoms. The maximum Gasteiger partial charge on any atom is 0.0459 e. The number of H-pyrrole nitrogens is 1. The van der Waals surface area contributed by atoms with Crippen molar-refractivity contribution in [3.63, 3.8) is 0 Å². The van der Waals surface area contributed by atoms with Gasteiger partial charge in [0.1, 0.15) is 0 Å². The van der Waals surface area contributed by atoms with Crippen LogP contribution in [0.1, 0.15) is 30.5 Å². The molecule has 1 aromatic carbocycles. The van der Waals surface area contributed by atoms with E-state index < -0.39 is 0 Å². The van der Waals surface area contributed by atoms with E-state index in [1.807, 2.05) is 0 Å². The van der Waals surface area contributed by atoms with Crippen molar-refractivity contribution in [2.45, 2.75) is 25.7 Å². The number of nitrogens with one attached hydrogen (secondary N) is 1. The molecule has 1 heterocycles. The van der Waals surface area contributed by atoms with Crippen LogP contribution < -0.4 is 0 Å². The smallest absolute Gasteiger partial charge is 0.0459 e. The van der Waals surface area contributed by atoms with Gasteiger partial charge in [-0.15, -0.1) is 0 Å². The van der Waals surface area contributed by atoms with Gasteiger partial charge in [-0.2, -0.15) is 0 Å². The summed E-state index contributed by atoms with van der Waals surface area (Å²) in [4.78, 5) is 3.57. The zero-order valence-corrected chi connectivity index (χ0v) is 8.96. The van der Waals surface area contributed by atoms with Crippen molar-refractivity contribution in [1.29, 1.82) is 0 Å². The number of fused-ring (bicyclic) bond motifs is 3. The summed E-state index contributed by atoms with van der Waals surface area (Å²) in [7, 11) is 0. The van der Waals surface area contributed by atoms with Gasteiger partial charge in [-0.25, -0.2) is 0 Å². The van der Waals surface area contributed by atoms with E-state index in [-0.39, 0.29) is 0 Å². The van der Waals surface area contributed by atoms with E-state index in [2.05, 4.69) is 48.3 Å². The topological polar surface area (TPSA) is 15.8 Å². The first-order valence-corrected chi connectivity index (χ1v) is 5.61. The zero-order chi connectivity index (χ0) is 10.3. The molecule has 1 unspecified atom stereocenters. The van der Waals surface area contributed by atoms with Crippen molar-refractivity contribution in [2.75, 3.05) is 0 Å². The van der Waals surface area contributed by atoms with Gasteiger partial charge in [0.2, 0.25) is 0 Å². The first-order valence-electron chi connectivity index (χ1n) is 5.61. The molecule has 0 amide bonds. The quantitative estimate of drug-likeness (QED) is 0.619. The van der Waals surface area contributed by atoms with Gasteiger partial charge in [-0.1, -0.05) is 37.3 Å². The van der Waals surface area contributed by atoms with Crippen molar-refractivity contribution >= 4 is 10.9 Å². The van der Waals surface area contributed by atoms with Crippen molar-refractivity contribution in [2.24, 2.45) is 0 Å². The molecule has 15 heavy (non-hydrogen) atoms. The molecule has 1 atom stereocenters. The van der Waals surface area contributed by atoms with Gasteiger partial charge in [0, 0.05) is 16.6 Å². The average molecular weight is 197 g/mol. The van der Waals surface area contributed by atoms with Crippen LogP contribution in [0.15, 0.2) is 36.4 Å². The largest absolute Gasteiger partial charge is 0.358 e. The van der Waals surface area contributed by atoms with E-state index in [1.54, 1.807) is 0 Å². The third-order valence-corrected chi connectivity index (χ3v) is 3.32. The molecule has 0 fully saturated rings. The number of para-hydroxylation sites is 1. The molecular weight excluding hydrogens is 182 g/mol. The fourth-order valence-corrected chi connectivity index (χ4v) is 2.48. The summed E-state index contributed by atoms with van der Waals surface area (Å²) in [6.45, 7) is 2.30. The molecule has 76 valence electrons.